The lowest BCUT2D eigenvalue weighted by atomic mass is 9.76. The average molecular weight is 305 g/mol. The Kier molecular flexibility index (Phi) is 2.36. The molecule has 2 nitrogen and oxygen atoms in total. The molecule has 0 unspecified atom stereocenters. The summed E-state index contributed by atoms with van der Waals surface area (Å²) in [5.74, 6) is 0.684. The fourth-order valence-electron chi connectivity index (χ4n) is 3.56. The number of halogens is 1. The summed E-state index contributed by atoms with van der Waals surface area (Å²) in [5.41, 5.74) is 10.4. The zero-order valence-corrected chi connectivity index (χ0v) is 11.9. The van der Waals surface area contributed by atoms with Gasteiger partial charge in [-0.05, 0) is 54.9 Å². The van der Waals surface area contributed by atoms with Crippen LogP contribution >= 0.6 is 15.9 Å². The van der Waals surface area contributed by atoms with Crippen LogP contribution in [0.3, 0.4) is 0 Å². The van der Waals surface area contributed by atoms with Crippen LogP contribution in [-0.2, 0) is 13.0 Å². The van der Waals surface area contributed by atoms with E-state index < -0.39 is 0 Å². The highest BCUT2D eigenvalue weighted by Gasteiger charge is 2.30. The van der Waals surface area contributed by atoms with Crippen LogP contribution in [-0.4, -0.2) is 10.6 Å². The molecule has 2 aliphatic rings. The van der Waals surface area contributed by atoms with Crippen LogP contribution in [0.25, 0.3) is 10.9 Å². The first kappa shape index (κ1) is 11.1. The van der Waals surface area contributed by atoms with E-state index in [-0.39, 0.29) is 0 Å². The summed E-state index contributed by atoms with van der Waals surface area (Å²) in [5, 5.41) is 1.45. The second kappa shape index (κ2) is 3.84. The van der Waals surface area contributed by atoms with Crippen LogP contribution in [0.1, 0.15) is 36.3 Å². The summed E-state index contributed by atoms with van der Waals surface area (Å²) in [6, 6.07) is 5.00. The molecule has 2 N–H and O–H groups in total. The molecule has 3 heteroatoms. The van der Waals surface area contributed by atoms with Gasteiger partial charge in [-0.1, -0.05) is 15.9 Å². The highest BCUT2D eigenvalue weighted by molar-refractivity contribution is 9.10. The average Bonchev–Trinajstić information content (AvgIpc) is 2.65. The van der Waals surface area contributed by atoms with Crippen LogP contribution in [0.2, 0.25) is 0 Å². The summed E-state index contributed by atoms with van der Waals surface area (Å²) < 4.78 is 3.68. The molecule has 4 rings (SSSR count). The first-order chi connectivity index (χ1) is 8.72. The van der Waals surface area contributed by atoms with Crippen LogP contribution < -0.4 is 5.73 Å². The zero-order chi connectivity index (χ0) is 12.3. The maximum absolute atomic E-state index is 5.95. The van der Waals surface area contributed by atoms with Gasteiger partial charge in [-0.2, -0.15) is 0 Å². The van der Waals surface area contributed by atoms with Gasteiger partial charge in [-0.3, -0.25) is 0 Å². The summed E-state index contributed by atoms with van der Waals surface area (Å²) >= 11 is 3.66. The number of aryl methyl sites for hydroxylation is 2. The van der Waals surface area contributed by atoms with E-state index in [2.05, 4.69) is 38.8 Å². The Morgan fingerprint density at radius 2 is 2.11 bits per heavy atom. The number of benzene rings is 1. The smallest absolute Gasteiger partial charge is 0.0516 e. The summed E-state index contributed by atoms with van der Waals surface area (Å²) in [4.78, 5) is 0. The maximum atomic E-state index is 5.95. The number of nitrogens with two attached hydrogens (primary N) is 1. The van der Waals surface area contributed by atoms with E-state index in [0.717, 1.165) is 12.8 Å². The Balaban J connectivity index is 1.94. The molecule has 0 spiro atoms. The van der Waals surface area contributed by atoms with Crippen molar-refractivity contribution in [2.75, 3.05) is 0 Å². The molecular weight excluding hydrogens is 288 g/mol. The SMILES string of the molecule is NC1CC(c2cn3c4c(cc(Br)cc24)CCC3)C1. The molecule has 1 saturated carbocycles. The van der Waals surface area contributed by atoms with Crippen molar-refractivity contribution >= 4 is 26.8 Å². The highest BCUT2D eigenvalue weighted by atomic mass is 79.9. The molecule has 2 aromatic rings. The fraction of sp³-hybridized carbons (Fsp3) is 0.467. The zero-order valence-electron chi connectivity index (χ0n) is 10.3. The first-order valence-electron chi connectivity index (χ1n) is 6.79. The molecule has 1 aromatic heterocycles. The molecule has 2 heterocycles. The monoisotopic (exact) mass is 304 g/mol. The molecular formula is C15H17BrN2. The van der Waals surface area contributed by atoms with Crippen LogP contribution in [0.15, 0.2) is 22.8 Å². The van der Waals surface area contributed by atoms with Crippen molar-refractivity contribution in [2.24, 2.45) is 5.73 Å². The van der Waals surface area contributed by atoms with Crippen molar-refractivity contribution in [2.45, 2.75) is 44.2 Å². The third-order valence-corrected chi connectivity index (χ3v) is 4.96. The maximum Gasteiger partial charge on any atom is 0.0516 e. The highest BCUT2D eigenvalue weighted by Crippen LogP contribution is 2.42. The van der Waals surface area contributed by atoms with E-state index in [0.29, 0.717) is 12.0 Å². The van der Waals surface area contributed by atoms with Gasteiger partial charge in [0, 0.05) is 28.6 Å². The van der Waals surface area contributed by atoms with Gasteiger partial charge in [0.2, 0.25) is 0 Å². The third kappa shape index (κ3) is 1.50. The minimum Gasteiger partial charge on any atom is -0.347 e. The minimum atomic E-state index is 0.421. The Morgan fingerprint density at radius 3 is 2.89 bits per heavy atom. The van der Waals surface area contributed by atoms with Crippen LogP contribution in [0, 0.1) is 0 Å². The summed E-state index contributed by atoms with van der Waals surface area (Å²) in [6.07, 6.45) is 7.17. The van der Waals surface area contributed by atoms with Gasteiger partial charge in [0.25, 0.3) is 0 Å². The van der Waals surface area contributed by atoms with Gasteiger partial charge in [0.1, 0.15) is 0 Å². The Morgan fingerprint density at radius 1 is 1.28 bits per heavy atom. The number of nitrogens with zero attached hydrogens (tertiary/aromatic N) is 1. The van der Waals surface area contributed by atoms with Crippen molar-refractivity contribution in [3.8, 4) is 0 Å². The third-order valence-electron chi connectivity index (χ3n) is 4.51. The molecule has 0 radical (unpaired) electrons. The first-order valence-corrected chi connectivity index (χ1v) is 7.58. The molecule has 94 valence electrons. The van der Waals surface area contributed by atoms with Gasteiger partial charge in [0.15, 0.2) is 0 Å². The second-order valence-corrected chi connectivity index (χ2v) is 6.69. The van der Waals surface area contributed by atoms with Gasteiger partial charge in [-0.25, -0.2) is 0 Å². The van der Waals surface area contributed by atoms with Crippen molar-refractivity contribution in [1.82, 2.24) is 4.57 Å². The molecule has 0 atom stereocenters. The van der Waals surface area contributed by atoms with Gasteiger partial charge >= 0.3 is 0 Å². The van der Waals surface area contributed by atoms with E-state index in [9.17, 15) is 0 Å². The normalized spacial score (nSPS) is 26.3. The van der Waals surface area contributed by atoms with Crippen molar-refractivity contribution in [3.05, 3.63) is 33.9 Å². The predicted octanol–water partition coefficient (Wildman–Crippen LogP) is 3.55. The van der Waals surface area contributed by atoms with Crippen molar-refractivity contribution < 1.29 is 0 Å². The Bertz CT molecular complexity index is 623. The number of aromatic nitrogens is 1. The van der Waals surface area contributed by atoms with E-state index in [1.54, 1.807) is 0 Å². The van der Waals surface area contributed by atoms with Gasteiger partial charge in [-0.15, -0.1) is 0 Å². The topological polar surface area (TPSA) is 30.9 Å². The molecule has 0 amide bonds. The molecule has 1 aliphatic carbocycles. The lowest BCUT2D eigenvalue weighted by Crippen LogP contribution is -2.34. The van der Waals surface area contributed by atoms with Crippen LogP contribution in [0.4, 0.5) is 0 Å². The number of rotatable bonds is 1. The Labute approximate surface area is 115 Å². The number of hydrogen-bond donors (Lipinski definition) is 1. The second-order valence-electron chi connectivity index (χ2n) is 5.77. The summed E-state index contributed by atoms with van der Waals surface area (Å²) in [7, 11) is 0. The molecule has 18 heavy (non-hydrogen) atoms. The lowest BCUT2D eigenvalue weighted by Gasteiger charge is -2.32. The largest absolute Gasteiger partial charge is 0.347 e. The van der Waals surface area contributed by atoms with Crippen LogP contribution in [0.5, 0.6) is 0 Å². The summed E-state index contributed by atoms with van der Waals surface area (Å²) in [6.45, 7) is 1.17. The van der Waals surface area contributed by atoms with E-state index >= 15 is 0 Å². The standard InChI is InChI=1S/C15H17BrN2/c16-11-4-9-2-1-3-18-8-14(10-5-12(17)6-10)13(7-11)15(9)18/h4,7-8,10,12H,1-3,5-6,17H2. The molecule has 0 saturated heterocycles. The van der Waals surface area contributed by atoms with Gasteiger partial charge in [0.05, 0.1) is 5.52 Å². The number of hydrogen-bond acceptors (Lipinski definition) is 1. The van der Waals surface area contributed by atoms with E-state index in [1.165, 1.54) is 45.9 Å². The molecule has 0 bridgehead atoms. The predicted molar refractivity (Wildman–Crippen MR) is 77.9 cm³/mol. The minimum absolute atomic E-state index is 0.421. The fourth-order valence-corrected chi connectivity index (χ4v) is 4.07. The lowest BCUT2D eigenvalue weighted by molar-refractivity contribution is 0.353. The molecule has 1 fully saturated rings. The van der Waals surface area contributed by atoms with Crippen molar-refractivity contribution in [3.63, 3.8) is 0 Å². The molecule has 1 aliphatic heterocycles. The van der Waals surface area contributed by atoms with E-state index in [4.69, 9.17) is 5.73 Å². The van der Waals surface area contributed by atoms with E-state index in [1.807, 2.05) is 0 Å². The van der Waals surface area contributed by atoms with Crippen molar-refractivity contribution in [1.29, 1.82) is 0 Å². The van der Waals surface area contributed by atoms with Gasteiger partial charge < -0.3 is 10.3 Å². The quantitative estimate of drug-likeness (QED) is 0.858. The Hall–Kier alpha value is -0.800. The molecule has 1 aromatic carbocycles.